The van der Waals surface area contributed by atoms with Crippen molar-refractivity contribution in [1.29, 1.82) is 0 Å². The number of carbonyl (C=O) groups is 1. The summed E-state index contributed by atoms with van der Waals surface area (Å²) in [6, 6.07) is 11.4. The van der Waals surface area contributed by atoms with Gasteiger partial charge in [0, 0.05) is 12.0 Å². The Balaban J connectivity index is 1.06. The normalized spacial score (nSPS) is 27.7. The lowest BCUT2D eigenvalue weighted by Crippen LogP contribution is -2.54. The van der Waals surface area contributed by atoms with E-state index < -0.39 is 0 Å². The van der Waals surface area contributed by atoms with Gasteiger partial charge in [0.05, 0.1) is 25.6 Å². The van der Waals surface area contributed by atoms with Crippen LogP contribution in [0.2, 0.25) is 0 Å². The molecule has 6 nitrogen and oxygen atoms in total. The van der Waals surface area contributed by atoms with Crippen LogP contribution >= 0.6 is 0 Å². The summed E-state index contributed by atoms with van der Waals surface area (Å²) in [5, 5.41) is 6.72. The van der Waals surface area contributed by atoms with E-state index in [0.717, 1.165) is 40.8 Å². The van der Waals surface area contributed by atoms with Crippen molar-refractivity contribution in [3.8, 4) is 11.5 Å². The lowest BCUT2D eigenvalue weighted by molar-refractivity contribution is -0.116. The van der Waals surface area contributed by atoms with Crippen LogP contribution in [0.15, 0.2) is 42.6 Å². The van der Waals surface area contributed by atoms with E-state index in [1.165, 1.54) is 38.5 Å². The molecule has 6 rings (SSSR count). The molecule has 0 spiro atoms. The zero-order valence-electron chi connectivity index (χ0n) is 18.8. The molecule has 0 aliphatic heterocycles. The molecule has 2 aromatic rings. The maximum atomic E-state index is 12.3. The van der Waals surface area contributed by atoms with Gasteiger partial charge in [-0.2, -0.15) is 0 Å². The first kappa shape index (κ1) is 21.1. The molecule has 1 heterocycles. The van der Waals surface area contributed by atoms with E-state index in [2.05, 4.69) is 15.6 Å². The number of methoxy groups -OCH3 is 1. The zero-order valence-corrected chi connectivity index (χ0v) is 18.8. The summed E-state index contributed by atoms with van der Waals surface area (Å²) in [6.07, 6.45) is 11.0. The molecule has 32 heavy (non-hydrogen) atoms. The van der Waals surface area contributed by atoms with E-state index in [-0.39, 0.29) is 11.4 Å². The molecule has 0 saturated heterocycles. The second-order valence-electron chi connectivity index (χ2n) is 9.93. The number of aromatic nitrogens is 1. The van der Waals surface area contributed by atoms with Crippen LogP contribution in [0.1, 0.15) is 51.4 Å². The van der Waals surface area contributed by atoms with Crippen LogP contribution in [0.4, 0.5) is 11.5 Å². The van der Waals surface area contributed by atoms with Gasteiger partial charge in [-0.05, 0) is 99.1 Å². The number of anilines is 2. The van der Waals surface area contributed by atoms with E-state index >= 15 is 0 Å². The molecule has 4 aliphatic rings. The number of pyridine rings is 1. The molecular weight excluding hydrogens is 402 g/mol. The molecule has 1 amide bonds. The maximum Gasteiger partial charge on any atom is 0.224 e. The minimum absolute atomic E-state index is 0.0214. The smallest absolute Gasteiger partial charge is 0.224 e. The number of carbonyl (C=O) groups excluding carboxylic acids is 1. The number of hydrogen-bond acceptors (Lipinski definition) is 5. The van der Waals surface area contributed by atoms with E-state index in [9.17, 15) is 4.79 Å². The Labute approximate surface area is 190 Å². The Morgan fingerprint density at radius 2 is 1.66 bits per heavy atom. The Morgan fingerprint density at radius 1 is 1.00 bits per heavy atom. The molecule has 2 N–H and O–H groups in total. The fraction of sp³-hybridized carbons (Fsp3) is 0.538. The SMILES string of the molecule is COc1ccc(OCCCC(=O)Nc2ccc(NC34CC5CC(CC(C5)C3)C4)nc2)cc1. The molecule has 1 aromatic heterocycles. The summed E-state index contributed by atoms with van der Waals surface area (Å²) in [5.74, 6) is 5.19. The van der Waals surface area contributed by atoms with Crippen molar-refractivity contribution in [1.82, 2.24) is 4.98 Å². The fourth-order valence-corrected chi connectivity index (χ4v) is 6.40. The van der Waals surface area contributed by atoms with Crippen molar-refractivity contribution in [2.45, 2.75) is 56.9 Å². The highest BCUT2D eigenvalue weighted by atomic mass is 16.5. The van der Waals surface area contributed by atoms with Crippen LogP contribution in [-0.2, 0) is 4.79 Å². The molecule has 170 valence electrons. The Morgan fingerprint density at radius 3 is 2.25 bits per heavy atom. The van der Waals surface area contributed by atoms with E-state index in [4.69, 9.17) is 9.47 Å². The molecule has 4 saturated carbocycles. The van der Waals surface area contributed by atoms with Crippen molar-refractivity contribution < 1.29 is 14.3 Å². The van der Waals surface area contributed by atoms with Crippen molar-refractivity contribution in [2.75, 3.05) is 24.4 Å². The molecule has 4 bridgehead atoms. The van der Waals surface area contributed by atoms with Crippen LogP contribution in [-0.4, -0.2) is 30.1 Å². The van der Waals surface area contributed by atoms with Gasteiger partial charge in [-0.1, -0.05) is 0 Å². The molecule has 0 radical (unpaired) electrons. The average Bonchev–Trinajstić information content (AvgIpc) is 2.77. The largest absolute Gasteiger partial charge is 0.497 e. The first-order valence-corrected chi connectivity index (χ1v) is 11.9. The third kappa shape index (κ3) is 4.84. The number of rotatable bonds is 9. The highest BCUT2D eigenvalue weighted by Crippen LogP contribution is 2.56. The lowest BCUT2D eigenvalue weighted by atomic mass is 9.53. The molecule has 0 unspecified atom stereocenters. The van der Waals surface area contributed by atoms with Gasteiger partial charge < -0.3 is 20.1 Å². The topological polar surface area (TPSA) is 72.5 Å². The van der Waals surface area contributed by atoms with Crippen LogP contribution in [0.25, 0.3) is 0 Å². The molecule has 4 aliphatic carbocycles. The van der Waals surface area contributed by atoms with Crippen LogP contribution in [0.5, 0.6) is 11.5 Å². The van der Waals surface area contributed by atoms with Gasteiger partial charge in [-0.3, -0.25) is 4.79 Å². The summed E-state index contributed by atoms with van der Waals surface area (Å²) >= 11 is 0. The summed E-state index contributed by atoms with van der Waals surface area (Å²) in [7, 11) is 1.64. The summed E-state index contributed by atoms with van der Waals surface area (Å²) in [6.45, 7) is 0.492. The number of ether oxygens (including phenoxy) is 2. The minimum atomic E-state index is -0.0214. The number of benzene rings is 1. The predicted octanol–water partition coefficient (Wildman–Crippen LogP) is 5.27. The van der Waals surface area contributed by atoms with E-state index in [1.807, 2.05) is 36.4 Å². The molecule has 1 aromatic carbocycles. The van der Waals surface area contributed by atoms with Crippen molar-refractivity contribution in [3.05, 3.63) is 42.6 Å². The van der Waals surface area contributed by atoms with Gasteiger partial charge in [-0.15, -0.1) is 0 Å². The Bertz CT molecular complexity index is 891. The van der Waals surface area contributed by atoms with Crippen molar-refractivity contribution >= 4 is 17.4 Å². The Kier molecular flexibility index (Phi) is 5.94. The molecular formula is C26H33N3O3. The van der Waals surface area contributed by atoms with Gasteiger partial charge in [-0.25, -0.2) is 4.98 Å². The van der Waals surface area contributed by atoms with E-state index in [1.54, 1.807) is 13.3 Å². The number of nitrogens with zero attached hydrogens (tertiary/aromatic N) is 1. The molecule has 0 atom stereocenters. The van der Waals surface area contributed by atoms with Crippen molar-refractivity contribution in [2.24, 2.45) is 17.8 Å². The zero-order chi connectivity index (χ0) is 22.0. The quantitative estimate of drug-likeness (QED) is 0.525. The van der Waals surface area contributed by atoms with Gasteiger partial charge in [0.15, 0.2) is 0 Å². The second kappa shape index (κ2) is 9.00. The molecule has 6 heteroatoms. The highest BCUT2D eigenvalue weighted by molar-refractivity contribution is 5.90. The van der Waals surface area contributed by atoms with Crippen LogP contribution < -0.4 is 20.1 Å². The van der Waals surface area contributed by atoms with Crippen LogP contribution in [0.3, 0.4) is 0 Å². The highest BCUT2D eigenvalue weighted by Gasteiger charge is 2.51. The predicted molar refractivity (Wildman–Crippen MR) is 125 cm³/mol. The monoisotopic (exact) mass is 435 g/mol. The fourth-order valence-electron chi connectivity index (χ4n) is 6.40. The number of amides is 1. The Hall–Kier alpha value is -2.76. The van der Waals surface area contributed by atoms with E-state index in [0.29, 0.717) is 19.4 Å². The van der Waals surface area contributed by atoms with Crippen molar-refractivity contribution in [3.63, 3.8) is 0 Å². The average molecular weight is 436 g/mol. The van der Waals surface area contributed by atoms with Gasteiger partial charge >= 0.3 is 0 Å². The number of hydrogen-bond donors (Lipinski definition) is 2. The summed E-state index contributed by atoms with van der Waals surface area (Å²) in [5.41, 5.74) is 0.985. The third-order valence-corrected chi connectivity index (χ3v) is 7.36. The minimum Gasteiger partial charge on any atom is -0.497 e. The van der Waals surface area contributed by atoms with Crippen LogP contribution in [0, 0.1) is 17.8 Å². The summed E-state index contributed by atoms with van der Waals surface area (Å²) in [4.78, 5) is 16.9. The lowest BCUT2D eigenvalue weighted by Gasteiger charge is -2.57. The molecule has 4 fully saturated rings. The first-order valence-electron chi connectivity index (χ1n) is 11.9. The second-order valence-corrected chi connectivity index (χ2v) is 9.93. The first-order chi connectivity index (χ1) is 15.6. The number of nitrogens with one attached hydrogen (secondary N) is 2. The van der Waals surface area contributed by atoms with Gasteiger partial charge in [0.2, 0.25) is 5.91 Å². The summed E-state index contributed by atoms with van der Waals surface area (Å²) < 4.78 is 10.8. The third-order valence-electron chi connectivity index (χ3n) is 7.36. The van der Waals surface area contributed by atoms with Gasteiger partial charge in [0.25, 0.3) is 0 Å². The standard InChI is InChI=1S/C26H33N3O3/c1-31-22-5-7-23(8-6-22)32-10-2-3-25(30)28-21-4-9-24(27-17-21)29-26-14-18-11-19(15-26)13-20(12-18)16-26/h4-9,17-20H,2-3,10-16H2,1H3,(H,27,29)(H,28,30). The maximum absolute atomic E-state index is 12.3. The van der Waals surface area contributed by atoms with Gasteiger partial charge in [0.1, 0.15) is 17.3 Å².